The van der Waals surface area contributed by atoms with E-state index in [9.17, 15) is 9.59 Å². The predicted octanol–water partition coefficient (Wildman–Crippen LogP) is 5.04. The molecule has 40 heavy (non-hydrogen) atoms. The summed E-state index contributed by atoms with van der Waals surface area (Å²) < 4.78 is 1.55. The van der Waals surface area contributed by atoms with Crippen molar-refractivity contribution >= 4 is 22.6 Å². The van der Waals surface area contributed by atoms with Crippen LogP contribution in [-0.4, -0.2) is 30.5 Å². The number of nitrogens with zero attached hydrogens (tertiary/aromatic N) is 4. The molecule has 2 N–H and O–H groups in total. The number of carbonyl (C=O) groups is 1. The number of rotatable bonds is 6. The number of carbonyl (C=O) groups excluding carboxylic acids is 1. The number of amides is 1. The van der Waals surface area contributed by atoms with Crippen molar-refractivity contribution < 1.29 is 4.79 Å². The molecule has 1 aliphatic carbocycles. The third-order valence-electron chi connectivity index (χ3n) is 7.83. The Morgan fingerprint density at radius 1 is 0.950 bits per heavy atom. The number of hydrogen-bond acceptors (Lipinski definition) is 5. The molecule has 4 heterocycles. The average molecular weight is 527 g/mol. The highest BCUT2D eigenvalue weighted by molar-refractivity contribution is 5.91. The van der Waals surface area contributed by atoms with Gasteiger partial charge in [0.25, 0.3) is 0 Å². The molecule has 8 nitrogen and oxygen atoms in total. The van der Waals surface area contributed by atoms with E-state index >= 15 is 0 Å². The van der Waals surface area contributed by atoms with E-state index in [0.29, 0.717) is 23.1 Å². The van der Waals surface area contributed by atoms with Gasteiger partial charge in [-0.2, -0.15) is 5.10 Å². The first-order chi connectivity index (χ1) is 19.6. The van der Waals surface area contributed by atoms with Crippen molar-refractivity contribution in [2.24, 2.45) is 0 Å². The van der Waals surface area contributed by atoms with Crippen LogP contribution < -0.4 is 11.0 Å². The average Bonchev–Trinajstić information content (AvgIpc) is 3.36. The van der Waals surface area contributed by atoms with Crippen molar-refractivity contribution in [1.82, 2.24) is 29.9 Å². The summed E-state index contributed by atoms with van der Waals surface area (Å²) in [6, 6.07) is 27.9. The number of pyridine rings is 3. The number of nitrogens with one attached hydrogen (secondary N) is 2. The molecule has 1 amide bonds. The predicted molar refractivity (Wildman–Crippen MR) is 154 cm³/mol. The first-order valence-corrected chi connectivity index (χ1v) is 13.4. The number of benzene rings is 2. The summed E-state index contributed by atoms with van der Waals surface area (Å²) in [5, 5.41) is 9.95. The standard InChI is InChI=1S/C32H26N6O2/c39-29(18-21-6-4-17-33-20-21)35-32(15-5-16-32)24-11-9-23(10-12-24)30-25(22-7-2-1-3-8-22)19-27-26(34-30)13-14-28-36-37-31(40)38(27)28/h1-4,6-14,17,19-20H,5,15-16,18H2,(H,35,39)(H,37,40). The van der Waals surface area contributed by atoms with Crippen molar-refractivity contribution in [3.63, 3.8) is 0 Å². The van der Waals surface area contributed by atoms with Crippen LogP contribution in [0.1, 0.15) is 30.4 Å². The number of aromatic nitrogens is 5. The molecule has 196 valence electrons. The van der Waals surface area contributed by atoms with Gasteiger partial charge in [-0.05, 0) is 60.2 Å². The second-order valence-electron chi connectivity index (χ2n) is 10.3. The molecule has 2 aromatic carbocycles. The highest BCUT2D eigenvalue weighted by Crippen LogP contribution is 2.42. The Labute approximate surface area is 229 Å². The number of hydrogen-bond donors (Lipinski definition) is 2. The Morgan fingerprint density at radius 3 is 2.50 bits per heavy atom. The molecule has 1 aliphatic rings. The van der Waals surface area contributed by atoms with Crippen LogP contribution in [0.25, 0.3) is 39.1 Å². The minimum Gasteiger partial charge on any atom is -0.346 e. The highest BCUT2D eigenvalue weighted by atomic mass is 16.2. The zero-order valence-electron chi connectivity index (χ0n) is 21.7. The van der Waals surface area contributed by atoms with Crippen LogP contribution >= 0.6 is 0 Å². The van der Waals surface area contributed by atoms with Crippen LogP contribution in [0.2, 0.25) is 0 Å². The molecule has 0 spiro atoms. The van der Waals surface area contributed by atoms with E-state index in [4.69, 9.17) is 4.98 Å². The van der Waals surface area contributed by atoms with Gasteiger partial charge in [0.15, 0.2) is 5.65 Å². The van der Waals surface area contributed by atoms with Crippen LogP contribution in [0.5, 0.6) is 0 Å². The van der Waals surface area contributed by atoms with Gasteiger partial charge in [0, 0.05) is 23.5 Å². The maximum atomic E-state index is 12.9. The minimum absolute atomic E-state index is 0.000130. The molecule has 7 rings (SSSR count). The van der Waals surface area contributed by atoms with Gasteiger partial charge in [-0.3, -0.25) is 9.78 Å². The summed E-state index contributed by atoms with van der Waals surface area (Å²) in [6.07, 6.45) is 6.63. The van der Waals surface area contributed by atoms with E-state index < -0.39 is 0 Å². The normalized spacial score (nSPS) is 14.2. The van der Waals surface area contributed by atoms with Crippen LogP contribution in [0, 0.1) is 0 Å². The lowest BCUT2D eigenvalue weighted by atomic mass is 9.71. The van der Waals surface area contributed by atoms with Crippen LogP contribution in [0.15, 0.2) is 102 Å². The Hall–Kier alpha value is -5.11. The van der Waals surface area contributed by atoms with Gasteiger partial charge in [0.2, 0.25) is 5.91 Å². The fourth-order valence-corrected chi connectivity index (χ4v) is 5.65. The van der Waals surface area contributed by atoms with E-state index in [2.05, 4.69) is 44.8 Å². The zero-order chi connectivity index (χ0) is 27.1. The van der Waals surface area contributed by atoms with Crippen LogP contribution in [-0.2, 0) is 16.8 Å². The second-order valence-corrected chi connectivity index (χ2v) is 10.3. The van der Waals surface area contributed by atoms with Gasteiger partial charge in [-0.1, -0.05) is 60.7 Å². The summed E-state index contributed by atoms with van der Waals surface area (Å²) in [5.41, 5.74) is 6.99. The van der Waals surface area contributed by atoms with E-state index in [1.54, 1.807) is 22.9 Å². The van der Waals surface area contributed by atoms with E-state index in [-0.39, 0.29) is 17.1 Å². The second kappa shape index (κ2) is 9.57. The van der Waals surface area contributed by atoms with Crippen molar-refractivity contribution in [2.75, 3.05) is 0 Å². The molecule has 0 radical (unpaired) electrons. The number of H-pyrrole nitrogens is 1. The van der Waals surface area contributed by atoms with Gasteiger partial charge in [0.1, 0.15) is 0 Å². The Balaban J connectivity index is 1.27. The van der Waals surface area contributed by atoms with Crippen molar-refractivity contribution in [3.05, 3.63) is 119 Å². The molecule has 4 aromatic heterocycles. The molecule has 0 atom stereocenters. The van der Waals surface area contributed by atoms with E-state index in [0.717, 1.165) is 52.8 Å². The Kier molecular flexibility index (Phi) is 5.73. The zero-order valence-corrected chi connectivity index (χ0v) is 21.7. The van der Waals surface area contributed by atoms with Crippen LogP contribution in [0.4, 0.5) is 0 Å². The molecule has 0 unspecified atom stereocenters. The van der Waals surface area contributed by atoms with Gasteiger partial charge in [0.05, 0.1) is 28.7 Å². The van der Waals surface area contributed by atoms with Crippen molar-refractivity contribution in [2.45, 2.75) is 31.2 Å². The SMILES string of the molecule is O=C(Cc1cccnc1)NC1(c2ccc(-c3nc4ccc5n[nH]c(=O)n5c4cc3-c3ccccc3)cc2)CCC1. The molecule has 8 heteroatoms. The quantitative estimate of drug-likeness (QED) is 0.316. The molecule has 1 saturated carbocycles. The summed E-state index contributed by atoms with van der Waals surface area (Å²) in [6.45, 7) is 0. The lowest BCUT2D eigenvalue weighted by molar-refractivity contribution is -0.123. The summed E-state index contributed by atoms with van der Waals surface area (Å²) in [4.78, 5) is 34.6. The van der Waals surface area contributed by atoms with Crippen LogP contribution in [0.3, 0.4) is 0 Å². The third-order valence-corrected chi connectivity index (χ3v) is 7.83. The monoisotopic (exact) mass is 526 g/mol. The first-order valence-electron chi connectivity index (χ1n) is 13.4. The third kappa shape index (κ3) is 4.14. The molecule has 0 aliphatic heterocycles. The van der Waals surface area contributed by atoms with Gasteiger partial charge < -0.3 is 5.32 Å². The molecule has 1 fully saturated rings. The lowest BCUT2D eigenvalue weighted by Gasteiger charge is -2.43. The minimum atomic E-state index is -0.356. The fraction of sp³-hybridized carbons (Fsp3) is 0.156. The van der Waals surface area contributed by atoms with Gasteiger partial charge >= 0.3 is 5.69 Å². The number of fused-ring (bicyclic) bond motifs is 3. The largest absolute Gasteiger partial charge is 0.348 e. The highest BCUT2D eigenvalue weighted by Gasteiger charge is 2.40. The van der Waals surface area contributed by atoms with Gasteiger partial charge in [-0.15, -0.1) is 0 Å². The topological polar surface area (TPSA) is 105 Å². The smallest absolute Gasteiger partial charge is 0.346 e. The number of aromatic amines is 1. The van der Waals surface area contributed by atoms with Crippen molar-refractivity contribution in [1.29, 1.82) is 0 Å². The van der Waals surface area contributed by atoms with Crippen molar-refractivity contribution in [3.8, 4) is 22.4 Å². The molecule has 0 saturated heterocycles. The lowest BCUT2D eigenvalue weighted by Crippen LogP contribution is -2.51. The molecule has 0 bridgehead atoms. The molecular weight excluding hydrogens is 500 g/mol. The van der Waals surface area contributed by atoms with E-state index in [1.165, 1.54) is 0 Å². The maximum Gasteiger partial charge on any atom is 0.348 e. The summed E-state index contributed by atoms with van der Waals surface area (Å²) in [7, 11) is 0. The molecule has 6 aromatic rings. The summed E-state index contributed by atoms with van der Waals surface area (Å²) in [5.74, 6) is 0.000130. The molecular formula is C32H26N6O2. The van der Waals surface area contributed by atoms with Gasteiger partial charge in [-0.25, -0.2) is 19.3 Å². The first kappa shape index (κ1) is 24.0. The Bertz CT molecular complexity index is 1910. The fourth-order valence-electron chi connectivity index (χ4n) is 5.65. The Morgan fingerprint density at radius 2 is 1.77 bits per heavy atom. The maximum absolute atomic E-state index is 12.9. The summed E-state index contributed by atoms with van der Waals surface area (Å²) >= 11 is 0. The van der Waals surface area contributed by atoms with E-state index in [1.807, 2.05) is 54.6 Å².